The van der Waals surface area contributed by atoms with Crippen molar-refractivity contribution < 1.29 is 4.74 Å². The van der Waals surface area contributed by atoms with E-state index >= 15 is 0 Å². The third kappa shape index (κ3) is 2.90. The number of fused-ring (bicyclic) bond motifs is 1. The van der Waals surface area contributed by atoms with Crippen LogP contribution >= 0.6 is 0 Å². The summed E-state index contributed by atoms with van der Waals surface area (Å²) in [7, 11) is 0. The summed E-state index contributed by atoms with van der Waals surface area (Å²) in [6.45, 7) is 4.59. The van der Waals surface area contributed by atoms with Gasteiger partial charge in [0.1, 0.15) is 0 Å². The van der Waals surface area contributed by atoms with E-state index in [1.165, 1.54) is 44.5 Å². The molecule has 3 nitrogen and oxygen atoms in total. The lowest BCUT2D eigenvalue weighted by atomic mass is 9.88. The van der Waals surface area contributed by atoms with E-state index < -0.39 is 0 Å². The van der Waals surface area contributed by atoms with Crippen molar-refractivity contribution in [2.45, 2.75) is 31.8 Å². The number of piperidine rings is 1. The number of ether oxygens (including phenoxy) is 1. The molecular weight excluding hydrogens is 224 g/mol. The Bertz CT molecular complexity index is 368. The van der Waals surface area contributed by atoms with E-state index in [2.05, 4.69) is 22.0 Å². The third-order valence-corrected chi connectivity index (χ3v) is 4.27. The maximum atomic E-state index is 5.86. The van der Waals surface area contributed by atoms with Crippen LogP contribution < -0.4 is 0 Å². The van der Waals surface area contributed by atoms with Gasteiger partial charge in [0, 0.05) is 38.6 Å². The number of nitrogens with zero attached hydrogens (tertiary/aromatic N) is 2. The van der Waals surface area contributed by atoms with Gasteiger partial charge in [-0.25, -0.2) is 0 Å². The first-order valence-electron chi connectivity index (χ1n) is 7.15. The summed E-state index contributed by atoms with van der Waals surface area (Å²) in [4.78, 5) is 6.67. The molecule has 0 amide bonds. The Labute approximate surface area is 109 Å². The van der Waals surface area contributed by atoms with Crippen LogP contribution in [-0.2, 0) is 11.2 Å². The highest BCUT2D eigenvalue weighted by Gasteiger charge is 2.31. The molecule has 0 saturated carbocycles. The first kappa shape index (κ1) is 12.1. The Kier molecular flexibility index (Phi) is 3.91. The predicted octanol–water partition coefficient (Wildman–Crippen LogP) is 2.12. The Balaban J connectivity index is 1.49. The summed E-state index contributed by atoms with van der Waals surface area (Å²) >= 11 is 0. The molecule has 98 valence electrons. The van der Waals surface area contributed by atoms with Crippen molar-refractivity contribution in [3.8, 4) is 0 Å². The maximum Gasteiger partial charge on any atom is 0.0627 e. The Hall–Kier alpha value is -0.930. The molecule has 1 aromatic heterocycles. The molecule has 0 N–H and O–H groups in total. The van der Waals surface area contributed by atoms with Crippen molar-refractivity contribution in [2.75, 3.05) is 26.2 Å². The average Bonchev–Trinajstić information content (AvgIpc) is 2.46. The van der Waals surface area contributed by atoms with E-state index in [1.54, 1.807) is 0 Å². The third-order valence-electron chi connectivity index (χ3n) is 4.27. The summed E-state index contributed by atoms with van der Waals surface area (Å²) in [5.74, 6) is 0.782. The molecule has 2 unspecified atom stereocenters. The lowest BCUT2D eigenvalue weighted by Crippen LogP contribution is -2.46. The van der Waals surface area contributed by atoms with Crippen LogP contribution in [0.4, 0.5) is 0 Å². The van der Waals surface area contributed by atoms with Gasteiger partial charge < -0.3 is 9.64 Å². The largest absolute Gasteiger partial charge is 0.378 e. The minimum Gasteiger partial charge on any atom is -0.378 e. The standard InChI is InChI=1S/C15H22N2O/c1-2-14-12-17(10-6-15(14)18-11-1)9-5-13-3-7-16-8-4-13/h3-4,7-8,14-15H,1-2,5-6,9-12H2. The topological polar surface area (TPSA) is 25.4 Å². The fourth-order valence-corrected chi connectivity index (χ4v) is 3.20. The van der Waals surface area contributed by atoms with E-state index in [1.807, 2.05) is 12.4 Å². The van der Waals surface area contributed by atoms with Crippen LogP contribution in [0.3, 0.4) is 0 Å². The molecule has 2 aliphatic rings. The number of likely N-dealkylation sites (tertiary alicyclic amines) is 1. The Morgan fingerprint density at radius 2 is 2.17 bits per heavy atom. The monoisotopic (exact) mass is 246 g/mol. The highest BCUT2D eigenvalue weighted by molar-refractivity contribution is 5.10. The second-order valence-corrected chi connectivity index (χ2v) is 5.51. The zero-order chi connectivity index (χ0) is 12.2. The summed E-state index contributed by atoms with van der Waals surface area (Å²) in [6, 6.07) is 4.24. The molecule has 2 saturated heterocycles. The molecule has 1 aromatic rings. The van der Waals surface area contributed by atoms with Crippen LogP contribution in [-0.4, -0.2) is 42.2 Å². The van der Waals surface area contributed by atoms with Gasteiger partial charge in [-0.05, 0) is 49.3 Å². The van der Waals surface area contributed by atoms with Crippen molar-refractivity contribution in [2.24, 2.45) is 5.92 Å². The minimum atomic E-state index is 0.552. The van der Waals surface area contributed by atoms with Crippen molar-refractivity contribution in [1.82, 2.24) is 9.88 Å². The zero-order valence-corrected chi connectivity index (χ0v) is 10.9. The van der Waals surface area contributed by atoms with Crippen LogP contribution in [0, 0.1) is 5.92 Å². The highest BCUT2D eigenvalue weighted by Crippen LogP contribution is 2.28. The SMILES string of the molecule is c1cc(CCN2CCC3OCCCC3C2)ccn1. The van der Waals surface area contributed by atoms with Gasteiger partial charge in [0.15, 0.2) is 0 Å². The quantitative estimate of drug-likeness (QED) is 0.817. The van der Waals surface area contributed by atoms with Gasteiger partial charge in [-0.15, -0.1) is 0 Å². The summed E-state index contributed by atoms with van der Waals surface area (Å²) in [5.41, 5.74) is 1.40. The van der Waals surface area contributed by atoms with Crippen LogP contribution in [0.25, 0.3) is 0 Å². The van der Waals surface area contributed by atoms with Crippen LogP contribution in [0.5, 0.6) is 0 Å². The number of pyridine rings is 1. The van der Waals surface area contributed by atoms with E-state index in [0.29, 0.717) is 6.10 Å². The van der Waals surface area contributed by atoms with Crippen molar-refractivity contribution >= 4 is 0 Å². The van der Waals surface area contributed by atoms with Gasteiger partial charge in [-0.1, -0.05) is 0 Å². The molecule has 3 rings (SSSR count). The number of hydrogen-bond donors (Lipinski definition) is 0. The molecule has 3 heteroatoms. The molecule has 0 radical (unpaired) electrons. The van der Waals surface area contributed by atoms with Gasteiger partial charge in [0.25, 0.3) is 0 Å². The second-order valence-electron chi connectivity index (χ2n) is 5.51. The van der Waals surface area contributed by atoms with Crippen LogP contribution in [0.15, 0.2) is 24.5 Å². The molecule has 2 fully saturated rings. The fraction of sp³-hybridized carbons (Fsp3) is 0.667. The normalized spacial score (nSPS) is 28.9. The molecule has 2 aliphatic heterocycles. The van der Waals surface area contributed by atoms with Gasteiger partial charge in [0.05, 0.1) is 6.10 Å². The molecule has 3 heterocycles. The summed E-state index contributed by atoms with van der Waals surface area (Å²) < 4.78 is 5.86. The summed E-state index contributed by atoms with van der Waals surface area (Å²) in [5, 5.41) is 0. The Morgan fingerprint density at radius 3 is 3.06 bits per heavy atom. The van der Waals surface area contributed by atoms with Gasteiger partial charge in [-0.3, -0.25) is 4.98 Å². The van der Waals surface area contributed by atoms with E-state index in [-0.39, 0.29) is 0 Å². The molecule has 0 aliphatic carbocycles. The van der Waals surface area contributed by atoms with Gasteiger partial charge in [0.2, 0.25) is 0 Å². The second kappa shape index (κ2) is 5.81. The Morgan fingerprint density at radius 1 is 1.28 bits per heavy atom. The van der Waals surface area contributed by atoms with E-state index in [0.717, 1.165) is 18.9 Å². The predicted molar refractivity (Wildman–Crippen MR) is 71.5 cm³/mol. The van der Waals surface area contributed by atoms with E-state index in [4.69, 9.17) is 4.74 Å². The summed E-state index contributed by atoms with van der Waals surface area (Å²) in [6.07, 6.45) is 9.29. The number of rotatable bonds is 3. The molecular formula is C15H22N2O. The van der Waals surface area contributed by atoms with Crippen LogP contribution in [0.2, 0.25) is 0 Å². The molecule has 0 aromatic carbocycles. The first-order valence-corrected chi connectivity index (χ1v) is 7.15. The number of aromatic nitrogens is 1. The zero-order valence-electron chi connectivity index (χ0n) is 10.9. The molecule has 0 spiro atoms. The lowest BCUT2D eigenvalue weighted by molar-refractivity contribution is -0.0659. The van der Waals surface area contributed by atoms with Crippen molar-refractivity contribution in [3.05, 3.63) is 30.1 Å². The van der Waals surface area contributed by atoms with E-state index in [9.17, 15) is 0 Å². The lowest BCUT2D eigenvalue weighted by Gasteiger charge is -2.41. The number of hydrogen-bond acceptors (Lipinski definition) is 3. The maximum absolute atomic E-state index is 5.86. The smallest absolute Gasteiger partial charge is 0.0627 e. The minimum absolute atomic E-state index is 0.552. The molecule has 0 bridgehead atoms. The van der Waals surface area contributed by atoms with Gasteiger partial charge >= 0.3 is 0 Å². The molecule has 2 atom stereocenters. The fourth-order valence-electron chi connectivity index (χ4n) is 3.20. The highest BCUT2D eigenvalue weighted by atomic mass is 16.5. The first-order chi connectivity index (χ1) is 8.92. The van der Waals surface area contributed by atoms with Crippen molar-refractivity contribution in [3.63, 3.8) is 0 Å². The average molecular weight is 246 g/mol. The van der Waals surface area contributed by atoms with Crippen molar-refractivity contribution in [1.29, 1.82) is 0 Å². The van der Waals surface area contributed by atoms with Crippen LogP contribution in [0.1, 0.15) is 24.8 Å². The molecule has 18 heavy (non-hydrogen) atoms. The van der Waals surface area contributed by atoms with Gasteiger partial charge in [-0.2, -0.15) is 0 Å².